The third-order valence-corrected chi connectivity index (χ3v) is 3.69. The molecule has 0 aliphatic rings. The second-order valence-corrected chi connectivity index (χ2v) is 6.25. The molecule has 0 saturated carbocycles. The highest BCUT2D eigenvalue weighted by Gasteiger charge is 2.12. The van der Waals surface area contributed by atoms with Gasteiger partial charge in [0.25, 0.3) is 0 Å². The molecule has 1 N–H and O–H groups in total. The zero-order valence-electron chi connectivity index (χ0n) is 13.3. The van der Waals surface area contributed by atoms with E-state index in [0.29, 0.717) is 16.1 Å². The van der Waals surface area contributed by atoms with Crippen LogP contribution in [0.15, 0.2) is 6.20 Å². The smallest absolute Gasteiger partial charge is 0.231 e. The number of nitrogens with zero attached hydrogens (tertiary/aromatic N) is 6. The average molecular weight is 321 g/mol. The van der Waals surface area contributed by atoms with E-state index in [9.17, 15) is 4.79 Å². The van der Waals surface area contributed by atoms with Crippen LogP contribution in [0.2, 0.25) is 0 Å². The fraction of sp³-hybridized carbons (Fsp3) is 0.462. The molecule has 0 radical (unpaired) electrons. The lowest BCUT2D eigenvalue weighted by atomic mass is 10.3. The van der Waals surface area contributed by atoms with Gasteiger partial charge in [-0.15, -0.1) is 10.2 Å². The topological polar surface area (TPSA) is 87.1 Å². The number of hydrogen-bond acceptors (Lipinski definition) is 8. The Bertz CT molecular complexity index is 668. The van der Waals surface area contributed by atoms with Crippen molar-refractivity contribution >= 4 is 34.1 Å². The maximum absolute atomic E-state index is 11.7. The molecule has 0 aliphatic carbocycles. The minimum absolute atomic E-state index is 0.0100. The molecular weight excluding hydrogens is 302 g/mol. The second-order valence-electron chi connectivity index (χ2n) is 5.19. The third kappa shape index (κ3) is 3.88. The Balaban J connectivity index is 2.10. The van der Waals surface area contributed by atoms with Gasteiger partial charge in [-0.3, -0.25) is 10.1 Å². The molecule has 2 aromatic heterocycles. The van der Waals surface area contributed by atoms with Crippen molar-refractivity contribution in [1.82, 2.24) is 25.1 Å². The van der Waals surface area contributed by atoms with E-state index in [-0.39, 0.29) is 12.3 Å². The predicted molar refractivity (Wildman–Crippen MR) is 86.7 cm³/mol. The average Bonchev–Trinajstić information content (AvgIpc) is 2.87. The number of amides is 1. The van der Waals surface area contributed by atoms with E-state index in [1.54, 1.807) is 20.3 Å². The van der Waals surface area contributed by atoms with Gasteiger partial charge in [0.1, 0.15) is 10.8 Å². The van der Waals surface area contributed by atoms with Crippen LogP contribution in [0.3, 0.4) is 0 Å². The van der Waals surface area contributed by atoms with Gasteiger partial charge in [0.2, 0.25) is 17.0 Å². The Labute approximate surface area is 133 Å². The lowest BCUT2D eigenvalue weighted by molar-refractivity contribution is -0.127. The van der Waals surface area contributed by atoms with E-state index < -0.39 is 0 Å². The normalized spacial score (nSPS) is 10.4. The standard InChI is InChI=1S/C13H19N7OS/c1-8-7-14-12(15-11(8)20(4)5)16-13-18-17-9(22-13)6-10(21)19(2)3/h7H,6H2,1-5H3,(H,14,15,16,18). The van der Waals surface area contributed by atoms with Crippen LogP contribution in [0.1, 0.15) is 10.6 Å². The molecule has 8 nitrogen and oxygen atoms in total. The fourth-order valence-electron chi connectivity index (χ4n) is 1.70. The Hall–Kier alpha value is -2.29. The Morgan fingerprint density at radius 1 is 1.27 bits per heavy atom. The monoisotopic (exact) mass is 321 g/mol. The lowest BCUT2D eigenvalue weighted by Crippen LogP contribution is -2.23. The van der Waals surface area contributed by atoms with Crippen molar-refractivity contribution in [3.8, 4) is 0 Å². The van der Waals surface area contributed by atoms with Gasteiger partial charge in [-0.1, -0.05) is 11.3 Å². The quantitative estimate of drug-likeness (QED) is 0.881. The number of aromatic nitrogens is 4. The van der Waals surface area contributed by atoms with Gasteiger partial charge in [0, 0.05) is 40.0 Å². The number of anilines is 3. The van der Waals surface area contributed by atoms with Crippen molar-refractivity contribution in [2.45, 2.75) is 13.3 Å². The number of likely N-dealkylation sites (N-methyl/N-ethyl adjacent to an activating group) is 1. The molecule has 0 unspecified atom stereocenters. The number of rotatable bonds is 5. The van der Waals surface area contributed by atoms with Gasteiger partial charge in [-0.2, -0.15) is 4.98 Å². The first kappa shape index (κ1) is 16.1. The molecule has 0 aliphatic heterocycles. The fourth-order valence-corrected chi connectivity index (χ4v) is 2.43. The minimum atomic E-state index is -0.0100. The first-order chi connectivity index (χ1) is 10.4. The number of carbonyl (C=O) groups is 1. The summed E-state index contributed by atoms with van der Waals surface area (Å²) in [7, 11) is 7.28. The van der Waals surface area contributed by atoms with Crippen molar-refractivity contribution < 1.29 is 4.79 Å². The number of carbonyl (C=O) groups excluding carboxylic acids is 1. The van der Waals surface area contributed by atoms with E-state index in [0.717, 1.165) is 11.4 Å². The molecule has 0 spiro atoms. The molecule has 2 heterocycles. The Kier molecular flexibility index (Phi) is 4.86. The zero-order chi connectivity index (χ0) is 16.3. The number of nitrogens with one attached hydrogen (secondary N) is 1. The molecule has 2 aromatic rings. The third-order valence-electron chi connectivity index (χ3n) is 2.86. The number of aryl methyl sites for hydroxylation is 1. The summed E-state index contributed by atoms with van der Waals surface area (Å²) in [4.78, 5) is 23.8. The molecule has 0 atom stereocenters. The van der Waals surface area contributed by atoms with Crippen molar-refractivity contribution in [3.05, 3.63) is 16.8 Å². The molecule has 0 fully saturated rings. The summed E-state index contributed by atoms with van der Waals surface area (Å²) in [6, 6.07) is 0. The number of hydrogen-bond donors (Lipinski definition) is 1. The van der Waals surface area contributed by atoms with Gasteiger partial charge < -0.3 is 9.80 Å². The summed E-state index contributed by atoms with van der Waals surface area (Å²) in [6.07, 6.45) is 1.99. The van der Waals surface area contributed by atoms with Crippen LogP contribution in [-0.4, -0.2) is 59.2 Å². The first-order valence-electron chi connectivity index (χ1n) is 6.67. The van der Waals surface area contributed by atoms with E-state index in [1.807, 2.05) is 25.9 Å². The predicted octanol–water partition coefficient (Wildman–Crippen LogP) is 1.08. The van der Waals surface area contributed by atoms with Gasteiger partial charge in [0.05, 0.1) is 6.42 Å². The molecule has 2 rings (SSSR count). The summed E-state index contributed by atoms with van der Waals surface area (Å²) in [6.45, 7) is 1.95. The van der Waals surface area contributed by atoms with Crippen molar-refractivity contribution in [1.29, 1.82) is 0 Å². The zero-order valence-corrected chi connectivity index (χ0v) is 14.1. The lowest BCUT2D eigenvalue weighted by Gasteiger charge is -2.14. The highest BCUT2D eigenvalue weighted by atomic mass is 32.1. The summed E-state index contributed by atoms with van der Waals surface area (Å²) >= 11 is 1.32. The van der Waals surface area contributed by atoms with Crippen molar-refractivity contribution in [2.75, 3.05) is 38.4 Å². The van der Waals surface area contributed by atoms with Crippen molar-refractivity contribution in [2.24, 2.45) is 0 Å². The maximum Gasteiger partial charge on any atom is 0.231 e. The first-order valence-corrected chi connectivity index (χ1v) is 7.49. The van der Waals surface area contributed by atoms with Gasteiger partial charge >= 0.3 is 0 Å². The molecule has 0 saturated heterocycles. The van der Waals surface area contributed by atoms with Crippen LogP contribution in [0.25, 0.3) is 0 Å². The molecule has 118 valence electrons. The van der Waals surface area contributed by atoms with Gasteiger partial charge in [-0.25, -0.2) is 4.98 Å². The summed E-state index contributed by atoms with van der Waals surface area (Å²) < 4.78 is 0. The van der Waals surface area contributed by atoms with Crippen LogP contribution in [0.4, 0.5) is 16.9 Å². The van der Waals surface area contributed by atoms with E-state index in [4.69, 9.17) is 0 Å². The van der Waals surface area contributed by atoms with E-state index in [2.05, 4.69) is 25.5 Å². The SMILES string of the molecule is Cc1cnc(Nc2nnc(CC(=O)N(C)C)s2)nc1N(C)C. The van der Waals surface area contributed by atoms with E-state index >= 15 is 0 Å². The molecule has 0 aromatic carbocycles. The summed E-state index contributed by atoms with van der Waals surface area (Å²) in [5.74, 6) is 1.28. The summed E-state index contributed by atoms with van der Waals surface area (Å²) in [5, 5.41) is 12.3. The van der Waals surface area contributed by atoms with Gasteiger partial charge in [-0.05, 0) is 6.92 Å². The molecule has 22 heavy (non-hydrogen) atoms. The molecule has 0 bridgehead atoms. The van der Waals surface area contributed by atoms with Crippen LogP contribution in [0, 0.1) is 6.92 Å². The second kappa shape index (κ2) is 6.65. The summed E-state index contributed by atoms with van der Waals surface area (Å²) in [5.41, 5.74) is 0.991. The Morgan fingerprint density at radius 3 is 2.64 bits per heavy atom. The minimum Gasteiger partial charge on any atom is -0.362 e. The van der Waals surface area contributed by atoms with Crippen LogP contribution in [0.5, 0.6) is 0 Å². The highest BCUT2D eigenvalue weighted by molar-refractivity contribution is 7.15. The maximum atomic E-state index is 11.7. The van der Waals surface area contributed by atoms with Crippen LogP contribution < -0.4 is 10.2 Å². The van der Waals surface area contributed by atoms with Crippen LogP contribution in [-0.2, 0) is 11.2 Å². The van der Waals surface area contributed by atoms with Crippen LogP contribution >= 0.6 is 11.3 Å². The largest absolute Gasteiger partial charge is 0.362 e. The van der Waals surface area contributed by atoms with Gasteiger partial charge in [0.15, 0.2) is 0 Å². The molecule has 9 heteroatoms. The molecular formula is C13H19N7OS. The Morgan fingerprint density at radius 2 is 2.00 bits per heavy atom. The van der Waals surface area contributed by atoms with Crippen molar-refractivity contribution in [3.63, 3.8) is 0 Å². The molecule has 1 amide bonds. The van der Waals surface area contributed by atoms with E-state index in [1.165, 1.54) is 16.2 Å². The highest BCUT2D eigenvalue weighted by Crippen LogP contribution is 2.21.